The van der Waals surface area contributed by atoms with Crippen molar-refractivity contribution in [2.75, 3.05) is 13.7 Å². The number of carbonyl (C=O) groups is 1. The fourth-order valence-corrected chi connectivity index (χ4v) is 2.60. The number of methoxy groups -OCH3 is 1. The monoisotopic (exact) mass is 295 g/mol. The maximum Gasteiger partial charge on any atom is 0.323 e. The Hall–Kier alpha value is -1.32. The number of esters is 1. The molecule has 0 saturated carbocycles. The number of rotatable bonds is 3. The Bertz CT molecular complexity index is 473. The number of carbonyl (C=O) groups excluding carboxylic acids is 1. The second-order valence-electron chi connectivity index (χ2n) is 5.08. The number of benzene rings is 1. The third kappa shape index (κ3) is 3.62. The molecule has 0 radical (unpaired) electrons. The van der Waals surface area contributed by atoms with Gasteiger partial charge in [-0.25, -0.2) is 0 Å². The van der Waals surface area contributed by atoms with E-state index in [9.17, 15) is 4.79 Å². The Morgan fingerprint density at radius 3 is 2.60 bits per heavy atom. The quantitative estimate of drug-likeness (QED) is 0.632. The van der Waals surface area contributed by atoms with Crippen molar-refractivity contribution in [1.82, 2.24) is 4.90 Å². The first kappa shape index (κ1) is 16.7. The van der Waals surface area contributed by atoms with Crippen LogP contribution in [0.4, 0.5) is 0 Å². The van der Waals surface area contributed by atoms with Crippen molar-refractivity contribution in [3.05, 3.63) is 47.5 Å². The molecular weight excluding hydrogens is 274 g/mol. The van der Waals surface area contributed by atoms with Crippen LogP contribution in [0.2, 0.25) is 0 Å². The second kappa shape index (κ2) is 7.46. The molecule has 0 unspecified atom stereocenters. The van der Waals surface area contributed by atoms with E-state index in [1.165, 1.54) is 18.2 Å². The first-order valence-electron chi connectivity index (χ1n) is 6.67. The van der Waals surface area contributed by atoms with E-state index < -0.39 is 0 Å². The predicted molar refractivity (Wildman–Crippen MR) is 83.0 cm³/mol. The first-order chi connectivity index (χ1) is 9.13. The Kier molecular flexibility index (Phi) is 6.24. The second-order valence-corrected chi connectivity index (χ2v) is 5.08. The summed E-state index contributed by atoms with van der Waals surface area (Å²) in [7, 11) is 1.46. The Morgan fingerprint density at radius 1 is 1.35 bits per heavy atom. The molecule has 1 aromatic rings. The van der Waals surface area contributed by atoms with Crippen molar-refractivity contribution in [1.29, 1.82) is 0 Å². The highest BCUT2D eigenvalue weighted by Crippen LogP contribution is 2.28. The van der Waals surface area contributed by atoms with Crippen molar-refractivity contribution in [2.24, 2.45) is 0 Å². The van der Waals surface area contributed by atoms with Gasteiger partial charge in [-0.3, -0.25) is 9.69 Å². The highest BCUT2D eigenvalue weighted by atomic mass is 35.5. The van der Waals surface area contributed by atoms with E-state index in [-0.39, 0.29) is 30.5 Å². The summed E-state index contributed by atoms with van der Waals surface area (Å²) in [6.07, 6.45) is 2.95. The lowest BCUT2D eigenvalue weighted by atomic mass is 9.97. The van der Waals surface area contributed by atoms with E-state index in [1.807, 2.05) is 18.2 Å². The molecule has 0 aliphatic carbocycles. The zero-order chi connectivity index (χ0) is 13.8. The summed E-state index contributed by atoms with van der Waals surface area (Å²) >= 11 is 0. The zero-order valence-electron chi connectivity index (χ0n) is 12.2. The molecule has 0 saturated heterocycles. The number of nitrogens with zero attached hydrogens (tertiary/aromatic N) is 1. The van der Waals surface area contributed by atoms with E-state index in [2.05, 4.69) is 37.0 Å². The van der Waals surface area contributed by atoms with E-state index in [0.29, 0.717) is 0 Å². The number of halogens is 1. The van der Waals surface area contributed by atoms with Gasteiger partial charge in [0.2, 0.25) is 0 Å². The number of hydrogen-bond donors (Lipinski definition) is 0. The lowest BCUT2D eigenvalue weighted by molar-refractivity contribution is -0.148. The van der Waals surface area contributed by atoms with Crippen LogP contribution in [0.3, 0.4) is 0 Å². The van der Waals surface area contributed by atoms with Gasteiger partial charge in [0.1, 0.15) is 6.04 Å². The van der Waals surface area contributed by atoms with Gasteiger partial charge in [0.05, 0.1) is 7.11 Å². The predicted octanol–water partition coefficient (Wildman–Crippen LogP) is 3.36. The molecule has 0 spiro atoms. The third-order valence-electron chi connectivity index (χ3n) is 3.82. The van der Waals surface area contributed by atoms with Crippen LogP contribution in [-0.2, 0) is 9.53 Å². The van der Waals surface area contributed by atoms with Crippen LogP contribution in [0.1, 0.15) is 31.9 Å². The first-order valence-corrected chi connectivity index (χ1v) is 6.67. The van der Waals surface area contributed by atoms with Gasteiger partial charge in [0.25, 0.3) is 0 Å². The van der Waals surface area contributed by atoms with Crippen LogP contribution in [0.25, 0.3) is 0 Å². The molecule has 1 aromatic carbocycles. The third-order valence-corrected chi connectivity index (χ3v) is 3.82. The SMILES string of the molecule is COC(=O)[C@@H]1CC(C)=CCN1[C@@H](C)c1ccccc1.Cl. The van der Waals surface area contributed by atoms with Gasteiger partial charge < -0.3 is 4.74 Å². The smallest absolute Gasteiger partial charge is 0.323 e. The Balaban J connectivity index is 0.00000200. The maximum atomic E-state index is 12.0. The minimum atomic E-state index is -0.176. The van der Waals surface area contributed by atoms with Gasteiger partial charge in [-0.05, 0) is 25.8 Å². The van der Waals surface area contributed by atoms with Crippen molar-refractivity contribution in [3.8, 4) is 0 Å². The summed E-state index contributed by atoms with van der Waals surface area (Å²) in [6, 6.07) is 10.3. The van der Waals surface area contributed by atoms with E-state index in [4.69, 9.17) is 4.74 Å². The average Bonchev–Trinajstić information content (AvgIpc) is 2.46. The molecule has 20 heavy (non-hydrogen) atoms. The minimum absolute atomic E-state index is 0. The summed E-state index contributed by atoms with van der Waals surface area (Å²) in [5.74, 6) is -0.143. The van der Waals surface area contributed by atoms with Crippen LogP contribution in [0.5, 0.6) is 0 Å². The van der Waals surface area contributed by atoms with Gasteiger partial charge in [-0.1, -0.05) is 42.0 Å². The van der Waals surface area contributed by atoms with Crippen LogP contribution in [0.15, 0.2) is 42.0 Å². The summed E-state index contributed by atoms with van der Waals surface area (Å²) in [4.78, 5) is 14.2. The molecule has 0 amide bonds. The van der Waals surface area contributed by atoms with Gasteiger partial charge >= 0.3 is 5.97 Å². The van der Waals surface area contributed by atoms with Gasteiger partial charge in [0, 0.05) is 12.6 Å². The summed E-state index contributed by atoms with van der Waals surface area (Å²) in [5, 5.41) is 0. The van der Waals surface area contributed by atoms with Crippen LogP contribution in [-0.4, -0.2) is 30.6 Å². The van der Waals surface area contributed by atoms with Gasteiger partial charge in [0.15, 0.2) is 0 Å². The van der Waals surface area contributed by atoms with E-state index in [0.717, 1.165) is 13.0 Å². The minimum Gasteiger partial charge on any atom is -0.468 e. The Morgan fingerprint density at radius 2 is 2.00 bits per heavy atom. The lowest BCUT2D eigenvalue weighted by Gasteiger charge is -2.37. The van der Waals surface area contributed by atoms with Crippen LogP contribution >= 0.6 is 12.4 Å². The molecule has 0 fully saturated rings. The molecule has 2 rings (SSSR count). The Labute approximate surface area is 127 Å². The van der Waals surface area contributed by atoms with E-state index >= 15 is 0 Å². The molecule has 4 heteroatoms. The molecular formula is C16H22ClNO2. The number of hydrogen-bond acceptors (Lipinski definition) is 3. The fourth-order valence-electron chi connectivity index (χ4n) is 2.60. The molecule has 1 aliphatic heterocycles. The molecule has 0 bridgehead atoms. The summed E-state index contributed by atoms with van der Waals surface area (Å²) in [5.41, 5.74) is 2.48. The number of ether oxygens (including phenoxy) is 1. The normalized spacial score (nSPS) is 20.6. The fraction of sp³-hybridized carbons (Fsp3) is 0.438. The summed E-state index contributed by atoms with van der Waals surface area (Å²) in [6.45, 7) is 5.00. The molecule has 0 aromatic heterocycles. The van der Waals surface area contributed by atoms with Crippen LogP contribution in [0, 0.1) is 0 Å². The zero-order valence-corrected chi connectivity index (χ0v) is 13.0. The standard InChI is InChI=1S/C16H21NO2.ClH/c1-12-9-10-17(15(11-12)16(18)19-3)13(2)14-7-5-4-6-8-14;/h4-9,13,15H,10-11H2,1-3H3;1H/t13-,15-;/m0./s1. The van der Waals surface area contributed by atoms with Crippen LogP contribution < -0.4 is 0 Å². The highest BCUT2D eigenvalue weighted by molar-refractivity contribution is 5.85. The van der Waals surface area contributed by atoms with Crippen molar-refractivity contribution in [2.45, 2.75) is 32.4 Å². The van der Waals surface area contributed by atoms with Crippen molar-refractivity contribution >= 4 is 18.4 Å². The summed E-state index contributed by atoms with van der Waals surface area (Å²) < 4.78 is 4.95. The maximum absolute atomic E-state index is 12.0. The van der Waals surface area contributed by atoms with E-state index in [1.54, 1.807) is 0 Å². The molecule has 0 N–H and O–H groups in total. The molecule has 1 aliphatic rings. The van der Waals surface area contributed by atoms with Gasteiger partial charge in [-0.15, -0.1) is 12.4 Å². The van der Waals surface area contributed by atoms with Gasteiger partial charge in [-0.2, -0.15) is 0 Å². The van der Waals surface area contributed by atoms with Crippen molar-refractivity contribution < 1.29 is 9.53 Å². The largest absolute Gasteiger partial charge is 0.468 e. The molecule has 110 valence electrons. The average molecular weight is 296 g/mol. The molecule has 1 heterocycles. The topological polar surface area (TPSA) is 29.5 Å². The molecule has 2 atom stereocenters. The lowest BCUT2D eigenvalue weighted by Crippen LogP contribution is -2.45. The molecule has 3 nitrogen and oxygen atoms in total. The highest BCUT2D eigenvalue weighted by Gasteiger charge is 2.32. The van der Waals surface area contributed by atoms with Crippen molar-refractivity contribution in [3.63, 3.8) is 0 Å².